The average Bonchev–Trinajstić information content (AvgIpc) is 2.47. The van der Waals surface area contributed by atoms with Gasteiger partial charge in [-0.05, 0) is 19.8 Å². The van der Waals surface area contributed by atoms with Crippen molar-refractivity contribution in [3.05, 3.63) is 12.4 Å². The third-order valence-corrected chi connectivity index (χ3v) is 3.42. The second-order valence-corrected chi connectivity index (χ2v) is 4.73. The standard InChI is InChI=1S/C13H19N3O4/c1-2-20-11-8-14-7-10(16-11)15-9-13(12(17)18)3-5-19-6-4-13/h7-8H,2-6,9H2,1H3,(H,15,16)(H,17,18). The van der Waals surface area contributed by atoms with E-state index in [4.69, 9.17) is 9.47 Å². The minimum atomic E-state index is -0.804. The number of hydrogen-bond acceptors (Lipinski definition) is 6. The lowest BCUT2D eigenvalue weighted by atomic mass is 9.80. The van der Waals surface area contributed by atoms with Crippen molar-refractivity contribution in [1.82, 2.24) is 9.97 Å². The predicted molar refractivity (Wildman–Crippen MR) is 71.8 cm³/mol. The third kappa shape index (κ3) is 3.36. The van der Waals surface area contributed by atoms with Crippen LogP contribution in [0.5, 0.6) is 5.88 Å². The molecule has 1 aromatic rings. The number of nitrogens with one attached hydrogen (secondary N) is 1. The summed E-state index contributed by atoms with van der Waals surface area (Å²) in [6.07, 6.45) is 4.06. The van der Waals surface area contributed by atoms with Crippen LogP contribution in [-0.4, -0.2) is 47.4 Å². The van der Waals surface area contributed by atoms with Gasteiger partial charge in [0.15, 0.2) is 0 Å². The molecular weight excluding hydrogens is 262 g/mol. The highest BCUT2D eigenvalue weighted by Gasteiger charge is 2.40. The Morgan fingerprint density at radius 3 is 2.90 bits per heavy atom. The van der Waals surface area contributed by atoms with E-state index in [0.29, 0.717) is 50.9 Å². The second kappa shape index (κ2) is 6.51. The zero-order valence-corrected chi connectivity index (χ0v) is 11.5. The van der Waals surface area contributed by atoms with Crippen LogP contribution < -0.4 is 10.1 Å². The third-order valence-electron chi connectivity index (χ3n) is 3.42. The van der Waals surface area contributed by atoms with Crippen molar-refractivity contribution >= 4 is 11.8 Å². The molecule has 0 saturated carbocycles. The molecule has 0 aliphatic carbocycles. The summed E-state index contributed by atoms with van der Waals surface area (Å²) in [7, 11) is 0. The van der Waals surface area contributed by atoms with Gasteiger partial charge in [0.1, 0.15) is 5.82 Å². The zero-order valence-electron chi connectivity index (χ0n) is 11.5. The molecule has 1 saturated heterocycles. The highest BCUT2D eigenvalue weighted by Crippen LogP contribution is 2.31. The first kappa shape index (κ1) is 14.5. The monoisotopic (exact) mass is 281 g/mol. The summed E-state index contributed by atoms with van der Waals surface area (Å²) in [4.78, 5) is 19.7. The number of nitrogens with zero attached hydrogens (tertiary/aromatic N) is 2. The summed E-state index contributed by atoms with van der Waals surface area (Å²) in [5, 5.41) is 12.5. The van der Waals surface area contributed by atoms with E-state index in [1.165, 1.54) is 6.20 Å². The van der Waals surface area contributed by atoms with Gasteiger partial charge in [-0.2, -0.15) is 4.98 Å². The minimum Gasteiger partial charge on any atom is -0.481 e. The van der Waals surface area contributed by atoms with E-state index in [9.17, 15) is 9.90 Å². The Morgan fingerprint density at radius 2 is 2.25 bits per heavy atom. The summed E-state index contributed by atoms with van der Waals surface area (Å²) in [5.74, 6) is 0.138. The summed E-state index contributed by atoms with van der Waals surface area (Å²) in [6, 6.07) is 0. The summed E-state index contributed by atoms with van der Waals surface area (Å²) < 4.78 is 10.5. The van der Waals surface area contributed by atoms with Gasteiger partial charge in [-0.1, -0.05) is 0 Å². The molecule has 7 nitrogen and oxygen atoms in total. The Labute approximate surface area is 117 Å². The number of ether oxygens (including phenoxy) is 2. The first-order valence-electron chi connectivity index (χ1n) is 6.66. The molecule has 110 valence electrons. The van der Waals surface area contributed by atoms with E-state index in [0.717, 1.165) is 0 Å². The lowest BCUT2D eigenvalue weighted by Crippen LogP contribution is -2.42. The molecule has 0 amide bonds. The topological polar surface area (TPSA) is 93.6 Å². The van der Waals surface area contributed by atoms with Gasteiger partial charge in [0.25, 0.3) is 0 Å². The molecule has 1 aromatic heterocycles. The van der Waals surface area contributed by atoms with Crippen LogP contribution in [-0.2, 0) is 9.53 Å². The highest BCUT2D eigenvalue weighted by atomic mass is 16.5. The maximum atomic E-state index is 11.5. The molecule has 0 bridgehead atoms. The lowest BCUT2D eigenvalue weighted by Gasteiger charge is -2.33. The number of aliphatic carboxylic acids is 1. The van der Waals surface area contributed by atoms with Crippen LogP contribution in [0.15, 0.2) is 12.4 Å². The number of aromatic nitrogens is 2. The zero-order chi connectivity index (χ0) is 14.4. The van der Waals surface area contributed by atoms with Crippen LogP contribution in [0.2, 0.25) is 0 Å². The molecule has 1 aliphatic rings. The average molecular weight is 281 g/mol. The fourth-order valence-electron chi connectivity index (χ4n) is 2.14. The molecule has 0 unspecified atom stereocenters. The SMILES string of the molecule is CCOc1cncc(NCC2(C(=O)O)CCOCC2)n1. The molecule has 0 spiro atoms. The number of hydrogen-bond donors (Lipinski definition) is 2. The van der Waals surface area contributed by atoms with Crippen LogP contribution >= 0.6 is 0 Å². The van der Waals surface area contributed by atoms with Gasteiger partial charge in [0.2, 0.25) is 5.88 Å². The fraction of sp³-hybridized carbons (Fsp3) is 0.615. The smallest absolute Gasteiger partial charge is 0.311 e. The van der Waals surface area contributed by atoms with Gasteiger partial charge in [0, 0.05) is 19.8 Å². The van der Waals surface area contributed by atoms with Crippen molar-refractivity contribution in [3.63, 3.8) is 0 Å². The number of anilines is 1. The van der Waals surface area contributed by atoms with Gasteiger partial charge in [0.05, 0.1) is 24.4 Å². The van der Waals surface area contributed by atoms with Gasteiger partial charge in [-0.3, -0.25) is 9.78 Å². The van der Waals surface area contributed by atoms with E-state index in [1.807, 2.05) is 6.92 Å². The van der Waals surface area contributed by atoms with Crippen molar-refractivity contribution in [1.29, 1.82) is 0 Å². The Morgan fingerprint density at radius 1 is 1.50 bits per heavy atom. The molecule has 2 N–H and O–H groups in total. The van der Waals surface area contributed by atoms with E-state index >= 15 is 0 Å². The normalized spacial score (nSPS) is 17.4. The van der Waals surface area contributed by atoms with Crippen molar-refractivity contribution in [3.8, 4) is 5.88 Å². The van der Waals surface area contributed by atoms with Gasteiger partial charge >= 0.3 is 5.97 Å². The molecule has 0 atom stereocenters. The summed E-state index contributed by atoms with van der Waals surface area (Å²) in [6.45, 7) is 3.62. The molecule has 0 aromatic carbocycles. The molecule has 20 heavy (non-hydrogen) atoms. The molecular formula is C13H19N3O4. The quantitative estimate of drug-likeness (QED) is 0.808. The number of carboxylic acid groups (broad SMARTS) is 1. The van der Waals surface area contributed by atoms with Gasteiger partial charge < -0.3 is 19.9 Å². The maximum Gasteiger partial charge on any atom is 0.311 e. The van der Waals surface area contributed by atoms with Crippen molar-refractivity contribution in [2.75, 3.05) is 31.7 Å². The van der Waals surface area contributed by atoms with Crippen molar-refractivity contribution < 1.29 is 19.4 Å². The van der Waals surface area contributed by atoms with Crippen LogP contribution in [0.1, 0.15) is 19.8 Å². The van der Waals surface area contributed by atoms with Crippen LogP contribution in [0.4, 0.5) is 5.82 Å². The van der Waals surface area contributed by atoms with E-state index in [-0.39, 0.29) is 0 Å². The van der Waals surface area contributed by atoms with E-state index in [2.05, 4.69) is 15.3 Å². The lowest BCUT2D eigenvalue weighted by molar-refractivity contribution is -0.153. The summed E-state index contributed by atoms with van der Waals surface area (Å²) in [5.41, 5.74) is -0.804. The summed E-state index contributed by atoms with van der Waals surface area (Å²) >= 11 is 0. The second-order valence-electron chi connectivity index (χ2n) is 4.73. The Hall–Kier alpha value is -1.89. The van der Waals surface area contributed by atoms with Crippen LogP contribution in [0, 0.1) is 5.41 Å². The minimum absolute atomic E-state index is 0.302. The predicted octanol–water partition coefficient (Wildman–Crippen LogP) is 1.17. The maximum absolute atomic E-state index is 11.5. The van der Waals surface area contributed by atoms with Crippen molar-refractivity contribution in [2.45, 2.75) is 19.8 Å². The number of rotatable bonds is 6. The molecule has 7 heteroatoms. The highest BCUT2D eigenvalue weighted by molar-refractivity contribution is 5.75. The Bertz CT molecular complexity index is 461. The molecule has 1 fully saturated rings. The van der Waals surface area contributed by atoms with Crippen molar-refractivity contribution in [2.24, 2.45) is 5.41 Å². The first-order valence-corrected chi connectivity index (χ1v) is 6.66. The van der Waals surface area contributed by atoms with E-state index < -0.39 is 11.4 Å². The molecule has 1 aliphatic heterocycles. The largest absolute Gasteiger partial charge is 0.481 e. The molecule has 2 rings (SSSR count). The van der Waals surface area contributed by atoms with E-state index in [1.54, 1.807) is 6.20 Å². The Kier molecular flexibility index (Phi) is 4.73. The Balaban J connectivity index is 2.02. The fourth-order valence-corrected chi connectivity index (χ4v) is 2.14. The van der Waals surface area contributed by atoms with Crippen LogP contribution in [0.3, 0.4) is 0 Å². The number of carbonyl (C=O) groups is 1. The van der Waals surface area contributed by atoms with Gasteiger partial charge in [-0.15, -0.1) is 0 Å². The molecule has 2 heterocycles. The number of carboxylic acids is 1. The molecule has 0 radical (unpaired) electrons. The van der Waals surface area contributed by atoms with Gasteiger partial charge in [-0.25, -0.2) is 0 Å². The first-order chi connectivity index (χ1) is 9.66. The van der Waals surface area contributed by atoms with Crippen LogP contribution in [0.25, 0.3) is 0 Å².